The number of nitrogens with one attached hydrogen (secondary N) is 2. The second kappa shape index (κ2) is 21.6. The first kappa shape index (κ1) is 52.8. The van der Waals surface area contributed by atoms with E-state index in [-0.39, 0.29) is 82.7 Å². The molecular formula is C57H53F6N7O10. The third-order valence-electron chi connectivity index (χ3n) is 15.3. The second-order valence-corrected chi connectivity index (χ2v) is 21.2. The summed E-state index contributed by atoms with van der Waals surface area (Å²) in [5.41, 5.74) is 4.70. The average molecular weight is 1110 g/mol. The first-order valence-electron chi connectivity index (χ1n) is 26.6. The van der Waals surface area contributed by atoms with Gasteiger partial charge in [-0.3, -0.25) is 9.51 Å². The molecule has 17 nitrogen and oxygen atoms in total. The van der Waals surface area contributed by atoms with E-state index in [4.69, 9.17) is 22.9 Å². The highest BCUT2D eigenvalue weighted by Gasteiger charge is 2.39. The van der Waals surface area contributed by atoms with Gasteiger partial charge >= 0.3 is 24.2 Å². The summed E-state index contributed by atoms with van der Waals surface area (Å²) >= 11 is 0. The van der Waals surface area contributed by atoms with E-state index in [1.807, 2.05) is 48.5 Å². The molecule has 3 aliphatic carbocycles. The minimum absolute atomic E-state index is 0.00270. The van der Waals surface area contributed by atoms with Gasteiger partial charge in [0.25, 0.3) is 0 Å². The zero-order valence-corrected chi connectivity index (χ0v) is 43.0. The fraction of sp³-hybridized carbons (Fsp3) is 0.404. The molecule has 1 saturated heterocycles. The van der Waals surface area contributed by atoms with Crippen LogP contribution in [0.1, 0.15) is 105 Å². The average Bonchev–Trinajstić information content (AvgIpc) is 4.47. The van der Waals surface area contributed by atoms with Gasteiger partial charge in [0.2, 0.25) is 5.89 Å². The third-order valence-corrected chi connectivity index (χ3v) is 15.3. The van der Waals surface area contributed by atoms with Crippen LogP contribution in [0.3, 0.4) is 0 Å². The van der Waals surface area contributed by atoms with E-state index in [2.05, 4.69) is 56.5 Å². The zero-order chi connectivity index (χ0) is 55.3. The maximum Gasteiger partial charge on any atom is 0.573 e. The van der Waals surface area contributed by atoms with Crippen LogP contribution in [0.2, 0.25) is 0 Å². The number of aromatic nitrogens is 6. The number of H-pyrrole nitrogens is 2. The molecule has 1 aliphatic heterocycles. The van der Waals surface area contributed by atoms with Gasteiger partial charge in [0, 0.05) is 64.0 Å². The Morgan fingerprint density at radius 3 is 1.68 bits per heavy atom. The van der Waals surface area contributed by atoms with Crippen LogP contribution in [0, 0.1) is 11.8 Å². The fourth-order valence-electron chi connectivity index (χ4n) is 11.2. The first-order valence-corrected chi connectivity index (χ1v) is 26.6. The van der Waals surface area contributed by atoms with Crippen LogP contribution >= 0.6 is 0 Å². The van der Waals surface area contributed by atoms with Crippen molar-refractivity contribution in [3.8, 4) is 68.0 Å². The summed E-state index contributed by atoms with van der Waals surface area (Å²) in [6, 6.07) is 23.1. The number of piperidine rings is 1. The Morgan fingerprint density at radius 2 is 1.16 bits per heavy atom. The largest absolute Gasteiger partial charge is 0.573 e. The van der Waals surface area contributed by atoms with Gasteiger partial charge in [-0.15, -0.1) is 31.4 Å². The van der Waals surface area contributed by atoms with E-state index >= 15 is 0 Å². The Morgan fingerprint density at radius 1 is 0.613 bits per heavy atom. The molecule has 4 aromatic carbocycles. The topological polar surface area (TPSA) is 210 Å². The molecule has 0 spiro atoms. The highest BCUT2D eigenvalue weighted by molar-refractivity contribution is 5.80. The van der Waals surface area contributed by atoms with Crippen LogP contribution < -0.4 is 25.9 Å². The molecule has 23 heteroatoms. The number of hydrogen-bond acceptors (Lipinski definition) is 15. The van der Waals surface area contributed by atoms with Gasteiger partial charge in [-0.1, -0.05) is 58.8 Å². The van der Waals surface area contributed by atoms with Crippen molar-refractivity contribution >= 4 is 5.69 Å². The summed E-state index contributed by atoms with van der Waals surface area (Å²) in [7, 11) is 0. The van der Waals surface area contributed by atoms with E-state index in [0.29, 0.717) is 71.4 Å². The van der Waals surface area contributed by atoms with Crippen molar-refractivity contribution in [1.29, 1.82) is 0 Å². The number of hydrogen-bond donors (Lipinski definition) is 2. The molecule has 2 N–H and O–H groups in total. The maximum absolute atomic E-state index is 14.4. The minimum Gasteiger partial charge on any atom is -0.405 e. The van der Waals surface area contributed by atoms with E-state index in [1.54, 1.807) is 0 Å². The van der Waals surface area contributed by atoms with Gasteiger partial charge in [-0.25, -0.2) is 14.7 Å². The molecule has 0 radical (unpaired) electrons. The van der Waals surface area contributed by atoms with Crippen LogP contribution in [0.5, 0.6) is 11.5 Å². The fourth-order valence-corrected chi connectivity index (χ4v) is 11.2. The van der Waals surface area contributed by atoms with Crippen LogP contribution in [0.25, 0.3) is 56.5 Å². The predicted molar refractivity (Wildman–Crippen MR) is 274 cm³/mol. The Bertz CT molecular complexity index is 3580. The van der Waals surface area contributed by atoms with Gasteiger partial charge in [0.15, 0.2) is 5.82 Å². The first-order chi connectivity index (χ1) is 38.5. The number of alkyl halides is 6. The van der Waals surface area contributed by atoms with Crippen LogP contribution in [-0.2, 0) is 29.1 Å². The number of aromatic amines is 2. The SMILES string of the molecule is C[C@@H]1CC(Cc2ccc(-c3noc(=O)[nH]3)cc2)C[C@H](OCc2c(-c3ccc(-c4ccc(-c5noc(C6CC6)c5COC5CCN(c6ccc(-c7n[nH]c(=O)o7)cc6)CC5)c(OC(F)(F)F)c4)cc3OC(F)(F)F)noc2C2CC2)C1. The van der Waals surface area contributed by atoms with E-state index in [0.717, 1.165) is 74.8 Å². The number of ether oxygens (including phenoxy) is 4. The molecule has 8 aromatic rings. The van der Waals surface area contributed by atoms with E-state index < -0.39 is 35.7 Å². The number of halogens is 6. The molecular weight excluding hydrogens is 1060 g/mol. The molecule has 3 saturated carbocycles. The van der Waals surface area contributed by atoms with E-state index in [9.17, 15) is 35.9 Å². The molecule has 12 rings (SSSR count). The number of anilines is 1. The second-order valence-electron chi connectivity index (χ2n) is 21.2. The Labute approximate surface area is 451 Å². The smallest absolute Gasteiger partial charge is 0.405 e. The van der Waals surface area contributed by atoms with Crippen molar-refractivity contribution < 1.29 is 63.3 Å². The van der Waals surface area contributed by atoms with Crippen LogP contribution in [0.15, 0.2) is 113 Å². The van der Waals surface area contributed by atoms with Gasteiger partial charge in [-0.2, -0.15) is 0 Å². The van der Waals surface area contributed by atoms with Gasteiger partial charge in [0.05, 0.1) is 25.4 Å². The summed E-state index contributed by atoms with van der Waals surface area (Å²) in [4.78, 5) is 27.6. The van der Waals surface area contributed by atoms with Crippen LogP contribution in [-0.4, -0.2) is 68.7 Å². The number of nitrogens with zero attached hydrogens (tertiary/aromatic N) is 5. The van der Waals surface area contributed by atoms with Crippen molar-refractivity contribution in [2.45, 2.75) is 121 Å². The summed E-state index contributed by atoms with van der Waals surface area (Å²) in [6.07, 6.45) is -2.92. The summed E-state index contributed by atoms with van der Waals surface area (Å²) in [6.45, 7) is 3.49. The monoisotopic (exact) mass is 1110 g/mol. The molecule has 0 amide bonds. The molecule has 4 aliphatic rings. The minimum atomic E-state index is -5.16. The lowest BCUT2D eigenvalue weighted by Gasteiger charge is -2.33. The lowest BCUT2D eigenvalue weighted by Crippen LogP contribution is -2.37. The third kappa shape index (κ3) is 12.1. The molecule has 80 heavy (non-hydrogen) atoms. The van der Waals surface area contributed by atoms with Gasteiger partial charge < -0.3 is 37.3 Å². The molecule has 1 unspecified atom stereocenters. The summed E-state index contributed by atoms with van der Waals surface area (Å²) in [5, 5.41) is 18.5. The van der Waals surface area contributed by atoms with Crippen molar-refractivity contribution in [1.82, 2.24) is 30.7 Å². The predicted octanol–water partition coefficient (Wildman–Crippen LogP) is 12.7. The normalized spacial score (nSPS) is 19.2. The quantitative estimate of drug-likeness (QED) is 0.0766. The van der Waals surface area contributed by atoms with E-state index in [1.165, 1.54) is 24.3 Å². The molecule has 4 fully saturated rings. The summed E-state index contributed by atoms with van der Waals surface area (Å²) < 4.78 is 130. The lowest BCUT2D eigenvalue weighted by atomic mass is 9.78. The Hall–Kier alpha value is -7.92. The molecule has 3 atom stereocenters. The molecule has 0 bridgehead atoms. The Kier molecular flexibility index (Phi) is 14.3. The van der Waals surface area contributed by atoms with Crippen molar-refractivity contribution in [3.05, 3.63) is 134 Å². The molecule has 418 valence electrons. The molecule has 5 heterocycles. The number of benzene rings is 4. The standard InChI is InChI=1S/C57H53F6N7O10/c1-30-22-32(24-31-2-4-35(5-3-31)52-64-54(71)80-69-52)25-41(23-30)74-29-45-49(68-79-51(45)34-8-9-34)43-17-13-38(27-47(43)77-57(61,62)63)37-12-16-42(46(26-37)76-56(58,59)60)48-44(50(78-67-48)33-6-7-33)28-73-40-18-20-70(21-19-40)39-14-10-36(11-15-39)53-65-66-55(72)75-53/h2-5,10-17,26-27,30,32-34,40-41H,6-9,18-25,28-29H2,1H3,(H,66,72)(H,64,69,71)/t30-,32?,41-/m1/s1. The maximum atomic E-state index is 14.4. The van der Waals surface area contributed by atoms with Gasteiger partial charge in [-0.05, 0) is 141 Å². The highest BCUT2D eigenvalue weighted by atomic mass is 19.4. The van der Waals surface area contributed by atoms with Crippen molar-refractivity contribution in [2.24, 2.45) is 11.8 Å². The summed E-state index contributed by atoms with van der Waals surface area (Å²) in [5.74, 6) is -0.386. The molecule has 4 aromatic heterocycles. The van der Waals surface area contributed by atoms with Crippen molar-refractivity contribution in [3.63, 3.8) is 0 Å². The lowest BCUT2D eigenvalue weighted by molar-refractivity contribution is -0.275. The Balaban J connectivity index is 0.769. The highest BCUT2D eigenvalue weighted by Crippen LogP contribution is 2.49. The number of rotatable bonds is 18. The van der Waals surface area contributed by atoms with Crippen molar-refractivity contribution in [2.75, 3.05) is 18.0 Å². The van der Waals surface area contributed by atoms with Gasteiger partial charge in [0.1, 0.15) is 34.4 Å². The van der Waals surface area contributed by atoms with Crippen LogP contribution in [0.4, 0.5) is 32.0 Å². The zero-order valence-electron chi connectivity index (χ0n) is 43.0.